The molecule has 1 heterocycles. The van der Waals surface area contributed by atoms with Crippen LogP contribution in [0, 0.1) is 0 Å². The van der Waals surface area contributed by atoms with Gasteiger partial charge in [0.25, 0.3) is 5.91 Å². The molecule has 0 saturated carbocycles. The highest BCUT2D eigenvalue weighted by atomic mass is 35.5. The van der Waals surface area contributed by atoms with Crippen molar-refractivity contribution < 1.29 is 9.53 Å². The monoisotopic (exact) mass is 406 g/mol. The fraction of sp³-hybridized carbons (Fsp3) is 0.208. The largest absolute Gasteiger partial charge is 0.489 e. The fourth-order valence-electron chi connectivity index (χ4n) is 3.44. The van der Waals surface area contributed by atoms with Crippen LogP contribution in [0.2, 0.25) is 5.02 Å². The normalized spacial score (nSPS) is 14.0. The summed E-state index contributed by atoms with van der Waals surface area (Å²) < 4.78 is 5.80. The Bertz CT molecular complexity index is 935. The zero-order valence-corrected chi connectivity index (χ0v) is 16.9. The number of ether oxygens (including phenoxy) is 1. The second kappa shape index (κ2) is 9.01. The molecule has 3 aromatic rings. The fourth-order valence-corrected chi connectivity index (χ4v) is 3.56. The molecule has 3 aromatic carbocycles. The molecule has 0 atom stereocenters. The third kappa shape index (κ3) is 4.90. The summed E-state index contributed by atoms with van der Waals surface area (Å²) in [4.78, 5) is 17.0. The summed E-state index contributed by atoms with van der Waals surface area (Å²) in [6.07, 6.45) is 0. The standard InChI is InChI=1S/C24H23ClN2O2/c25-21-8-10-22(11-9-21)26-14-16-27(17-15-26)24(28)20-6-12-23(13-7-20)29-18-19-4-2-1-3-5-19/h1-13H,14-18H2. The number of rotatable bonds is 5. The molecule has 0 unspecified atom stereocenters. The lowest BCUT2D eigenvalue weighted by Crippen LogP contribution is -2.48. The summed E-state index contributed by atoms with van der Waals surface area (Å²) in [7, 11) is 0. The van der Waals surface area contributed by atoms with E-state index in [1.807, 2.05) is 83.8 Å². The molecule has 5 heteroatoms. The van der Waals surface area contributed by atoms with Crippen molar-refractivity contribution in [2.45, 2.75) is 6.61 Å². The first kappa shape index (κ1) is 19.3. The first-order chi connectivity index (χ1) is 14.2. The van der Waals surface area contributed by atoms with Crippen LogP contribution in [0.25, 0.3) is 0 Å². The predicted octanol–water partition coefficient (Wildman–Crippen LogP) is 4.88. The number of carbonyl (C=O) groups excluding carboxylic acids is 1. The van der Waals surface area contributed by atoms with Gasteiger partial charge in [0.1, 0.15) is 12.4 Å². The first-order valence-corrected chi connectivity index (χ1v) is 10.1. The zero-order chi connectivity index (χ0) is 20.1. The van der Waals surface area contributed by atoms with Crippen molar-refractivity contribution >= 4 is 23.2 Å². The van der Waals surface area contributed by atoms with E-state index in [9.17, 15) is 4.79 Å². The Morgan fingerprint density at radius 1 is 0.828 bits per heavy atom. The van der Waals surface area contributed by atoms with Crippen LogP contribution in [-0.2, 0) is 6.61 Å². The van der Waals surface area contributed by atoms with Crippen LogP contribution >= 0.6 is 11.6 Å². The minimum Gasteiger partial charge on any atom is -0.489 e. The Morgan fingerprint density at radius 2 is 1.48 bits per heavy atom. The zero-order valence-electron chi connectivity index (χ0n) is 16.1. The van der Waals surface area contributed by atoms with Crippen LogP contribution in [0.4, 0.5) is 5.69 Å². The maximum absolute atomic E-state index is 12.8. The second-order valence-corrected chi connectivity index (χ2v) is 7.49. The smallest absolute Gasteiger partial charge is 0.253 e. The molecule has 0 aliphatic carbocycles. The molecule has 0 N–H and O–H groups in total. The maximum atomic E-state index is 12.8. The number of hydrogen-bond donors (Lipinski definition) is 0. The quantitative estimate of drug-likeness (QED) is 0.605. The maximum Gasteiger partial charge on any atom is 0.253 e. The van der Waals surface area contributed by atoms with Crippen molar-refractivity contribution in [3.05, 3.63) is 95.0 Å². The molecule has 1 aliphatic heterocycles. The summed E-state index contributed by atoms with van der Waals surface area (Å²) >= 11 is 5.96. The number of benzene rings is 3. The summed E-state index contributed by atoms with van der Waals surface area (Å²) in [5.74, 6) is 0.827. The van der Waals surface area contributed by atoms with Crippen LogP contribution in [0.5, 0.6) is 5.75 Å². The van der Waals surface area contributed by atoms with Crippen molar-refractivity contribution in [1.29, 1.82) is 0 Å². The van der Waals surface area contributed by atoms with Gasteiger partial charge in [-0.2, -0.15) is 0 Å². The van der Waals surface area contributed by atoms with Crippen molar-refractivity contribution in [3.63, 3.8) is 0 Å². The van der Waals surface area contributed by atoms with Gasteiger partial charge in [0.05, 0.1) is 0 Å². The number of piperazine rings is 1. The molecule has 0 aromatic heterocycles. The van der Waals surface area contributed by atoms with E-state index in [1.165, 1.54) is 0 Å². The average molecular weight is 407 g/mol. The van der Waals surface area contributed by atoms with E-state index in [0.717, 1.165) is 35.1 Å². The number of carbonyl (C=O) groups is 1. The second-order valence-electron chi connectivity index (χ2n) is 7.05. The van der Waals surface area contributed by atoms with E-state index in [4.69, 9.17) is 16.3 Å². The van der Waals surface area contributed by atoms with Crippen molar-refractivity contribution in [2.75, 3.05) is 31.1 Å². The molecule has 1 saturated heterocycles. The van der Waals surface area contributed by atoms with E-state index in [1.54, 1.807) is 0 Å². The highest BCUT2D eigenvalue weighted by Crippen LogP contribution is 2.21. The van der Waals surface area contributed by atoms with E-state index >= 15 is 0 Å². The van der Waals surface area contributed by atoms with E-state index < -0.39 is 0 Å². The molecule has 1 fully saturated rings. The van der Waals surface area contributed by atoms with Gasteiger partial charge in [0.2, 0.25) is 0 Å². The lowest BCUT2D eigenvalue weighted by atomic mass is 10.1. The van der Waals surface area contributed by atoms with Gasteiger partial charge in [-0.1, -0.05) is 41.9 Å². The summed E-state index contributed by atoms with van der Waals surface area (Å²) in [5, 5.41) is 0.735. The van der Waals surface area contributed by atoms with Crippen molar-refractivity contribution in [3.8, 4) is 5.75 Å². The van der Waals surface area contributed by atoms with E-state index in [-0.39, 0.29) is 5.91 Å². The molecule has 0 bridgehead atoms. The number of amides is 1. The Balaban J connectivity index is 1.31. The molecule has 0 spiro atoms. The van der Waals surface area contributed by atoms with Gasteiger partial charge < -0.3 is 14.5 Å². The van der Waals surface area contributed by atoms with E-state index in [2.05, 4.69) is 4.90 Å². The Labute approximate surface area is 176 Å². The molecule has 1 aliphatic rings. The summed E-state index contributed by atoms with van der Waals surface area (Å²) in [6.45, 7) is 3.54. The van der Waals surface area contributed by atoms with Crippen LogP contribution < -0.4 is 9.64 Å². The SMILES string of the molecule is O=C(c1ccc(OCc2ccccc2)cc1)N1CCN(c2ccc(Cl)cc2)CC1. The summed E-state index contributed by atoms with van der Waals surface area (Å²) in [5.41, 5.74) is 2.95. The lowest BCUT2D eigenvalue weighted by Gasteiger charge is -2.36. The predicted molar refractivity (Wildman–Crippen MR) is 117 cm³/mol. The van der Waals surface area contributed by atoms with Gasteiger partial charge in [0.15, 0.2) is 0 Å². The Hall–Kier alpha value is -2.98. The van der Waals surface area contributed by atoms with Crippen molar-refractivity contribution in [1.82, 2.24) is 4.90 Å². The summed E-state index contributed by atoms with van der Waals surface area (Å²) in [6, 6.07) is 25.3. The van der Waals surface area contributed by atoms with Gasteiger partial charge in [-0.25, -0.2) is 0 Å². The highest BCUT2D eigenvalue weighted by molar-refractivity contribution is 6.30. The highest BCUT2D eigenvalue weighted by Gasteiger charge is 2.22. The molecule has 148 valence electrons. The molecule has 4 nitrogen and oxygen atoms in total. The van der Waals surface area contributed by atoms with Crippen LogP contribution in [0.15, 0.2) is 78.9 Å². The lowest BCUT2D eigenvalue weighted by molar-refractivity contribution is 0.0746. The minimum atomic E-state index is 0.0652. The number of hydrogen-bond acceptors (Lipinski definition) is 3. The molecule has 4 rings (SSSR count). The number of anilines is 1. The molecular formula is C24H23ClN2O2. The van der Waals surface area contributed by atoms with Gasteiger partial charge in [-0.05, 0) is 54.1 Å². The molecular weight excluding hydrogens is 384 g/mol. The van der Waals surface area contributed by atoms with Gasteiger partial charge in [-0.3, -0.25) is 4.79 Å². The Morgan fingerprint density at radius 3 is 2.14 bits per heavy atom. The van der Waals surface area contributed by atoms with Crippen LogP contribution in [-0.4, -0.2) is 37.0 Å². The first-order valence-electron chi connectivity index (χ1n) is 9.76. The Kier molecular flexibility index (Phi) is 6.01. The molecule has 0 radical (unpaired) electrons. The van der Waals surface area contributed by atoms with Gasteiger partial charge >= 0.3 is 0 Å². The third-order valence-corrected chi connectivity index (χ3v) is 5.36. The van der Waals surface area contributed by atoms with Gasteiger partial charge in [-0.15, -0.1) is 0 Å². The number of nitrogens with zero attached hydrogens (tertiary/aromatic N) is 2. The topological polar surface area (TPSA) is 32.8 Å². The molecule has 1 amide bonds. The van der Waals surface area contributed by atoms with Gasteiger partial charge in [0, 0.05) is 42.5 Å². The van der Waals surface area contributed by atoms with Crippen molar-refractivity contribution in [2.24, 2.45) is 0 Å². The molecule has 29 heavy (non-hydrogen) atoms. The number of halogens is 1. The average Bonchev–Trinajstić information content (AvgIpc) is 2.79. The van der Waals surface area contributed by atoms with Crippen LogP contribution in [0.1, 0.15) is 15.9 Å². The third-order valence-electron chi connectivity index (χ3n) is 5.11. The van der Waals surface area contributed by atoms with Crippen LogP contribution in [0.3, 0.4) is 0 Å². The minimum absolute atomic E-state index is 0.0652. The van der Waals surface area contributed by atoms with E-state index in [0.29, 0.717) is 25.3 Å².